The highest BCUT2D eigenvalue weighted by Crippen LogP contribution is 2.22. The van der Waals surface area contributed by atoms with Gasteiger partial charge in [-0.3, -0.25) is 4.57 Å². The van der Waals surface area contributed by atoms with Gasteiger partial charge in [-0.15, -0.1) is 5.10 Å². The maximum atomic E-state index is 5.58. The summed E-state index contributed by atoms with van der Waals surface area (Å²) < 4.78 is 7.31. The van der Waals surface area contributed by atoms with Crippen molar-refractivity contribution < 1.29 is 4.74 Å². The number of nitrogens with zero attached hydrogens (tertiary/aromatic N) is 3. The fourth-order valence-electron chi connectivity index (χ4n) is 1.33. The molecule has 0 saturated carbocycles. The Morgan fingerprint density at radius 3 is 2.43 bits per heavy atom. The Balaban J connectivity index is 3.13. The average molecular weight is 198 g/mol. The zero-order chi connectivity index (χ0) is 10.8. The lowest BCUT2D eigenvalue weighted by Crippen LogP contribution is -2.26. The second kappa shape index (κ2) is 3.96. The SMILES string of the molecule is CCOc1nnc(CN)n1C(C)(C)C. The Bertz CT molecular complexity index is 300. The standard InChI is InChI=1S/C9H18N4O/c1-5-14-8-12-11-7(6-10)13(8)9(2,3)4/h5-6,10H2,1-4H3. The van der Waals surface area contributed by atoms with Crippen molar-refractivity contribution >= 4 is 0 Å². The molecule has 1 aromatic rings. The summed E-state index contributed by atoms with van der Waals surface area (Å²) in [6.07, 6.45) is 0. The molecule has 0 bridgehead atoms. The summed E-state index contributed by atoms with van der Waals surface area (Å²) in [5.41, 5.74) is 5.47. The molecule has 0 aliphatic heterocycles. The maximum absolute atomic E-state index is 5.58. The minimum Gasteiger partial charge on any atom is -0.464 e. The van der Waals surface area contributed by atoms with Crippen LogP contribution in [0.2, 0.25) is 0 Å². The van der Waals surface area contributed by atoms with Crippen molar-refractivity contribution in [3.63, 3.8) is 0 Å². The van der Waals surface area contributed by atoms with Gasteiger partial charge < -0.3 is 10.5 Å². The summed E-state index contributed by atoms with van der Waals surface area (Å²) in [6, 6.07) is 0.542. The lowest BCUT2D eigenvalue weighted by atomic mass is 10.1. The molecule has 80 valence electrons. The Labute approximate surface area is 84.3 Å². The van der Waals surface area contributed by atoms with Crippen LogP contribution in [0.4, 0.5) is 0 Å². The van der Waals surface area contributed by atoms with E-state index in [4.69, 9.17) is 10.5 Å². The molecule has 0 saturated heterocycles. The van der Waals surface area contributed by atoms with Crippen LogP contribution in [0, 0.1) is 0 Å². The van der Waals surface area contributed by atoms with E-state index in [1.54, 1.807) is 0 Å². The molecule has 0 aliphatic rings. The first-order valence-electron chi connectivity index (χ1n) is 4.78. The summed E-state index contributed by atoms with van der Waals surface area (Å²) in [4.78, 5) is 0. The zero-order valence-electron chi connectivity index (χ0n) is 9.24. The number of hydrogen-bond acceptors (Lipinski definition) is 4. The van der Waals surface area contributed by atoms with Crippen molar-refractivity contribution in [3.05, 3.63) is 5.82 Å². The van der Waals surface area contributed by atoms with Gasteiger partial charge in [0.05, 0.1) is 13.2 Å². The van der Waals surface area contributed by atoms with Crippen molar-refractivity contribution in [3.8, 4) is 6.01 Å². The smallest absolute Gasteiger partial charge is 0.317 e. The van der Waals surface area contributed by atoms with Gasteiger partial charge in [0.2, 0.25) is 0 Å². The lowest BCUT2D eigenvalue weighted by molar-refractivity contribution is 0.257. The van der Waals surface area contributed by atoms with Gasteiger partial charge in [-0.1, -0.05) is 5.10 Å². The molecule has 1 heterocycles. The van der Waals surface area contributed by atoms with Crippen molar-refractivity contribution in [1.29, 1.82) is 0 Å². The van der Waals surface area contributed by atoms with Crippen LogP contribution in [0.25, 0.3) is 0 Å². The normalized spacial score (nSPS) is 11.8. The van der Waals surface area contributed by atoms with Crippen LogP contribution in [0.1, 0.15) is 33.5 Å². The molecule has 0 spiro atoms. The fraction of sp³-hybridized carbons (Fsp3) is 0.778. The molecule has 0 amide bonds. The molecule has 0 aliphatic carbocycles. The first kappa shape index (κ1) is 11.0. The van der Waals surface area contributed by atoms with Crippen LogP contribution in [0.5, 0.6) is 6.01 Å². The molecule has 0 radical (unpaired) electrons. The molecule has 0 atom stereocenters. The molecule has 1 aromatic heterocycles. The highest BCUT2D eigenvalue weighted by molar-refractivity contribution is 5.05. The topological polar surface area (TPSA) is 66.0 Å². The van der Waals surface area contributed by atoms with Gasteiger partial charge in [0.15, 0.2) is 0 Å². The molecule has 1 rings (SSSR count). The van der Waals surface area contributed by atoms with Crippen LogP contribution < -0.4 is 10.5 Å². The highest BCUT2D eigenvalue weighted by Gasteiger charge is 2.22. The van der Waals surface area contributed by atoms with E-state index >= 15 is 0 Å². The molecular formula is C9H18N4O. The van der Waals surface area contributed by atoms with Crippen molar-refractivity contribution in [2.24, 2.45) is 5.73 Å². The van der Waals surface area contributed by atoms with E-state index in [1.165, 1.54) is 0 Å². The minimum atomic E-state index is -0.108. The zero-order valence-corrected chi connectivity index (χ0v) is 9.24. The van der Waals surface area contributed by atoms with Gasteiger partial charge in [0.1, 0.15) is 5.82 Å². The number of rotatable bonds is 3. The summed E-state index contributed by atoms with van der Waals surface area (Å²) in [7, 11) is 0. The first-order chi connectivity index (χ1) is 6.50. The molecule has 5 nitrogen and oxygen atoms in total. The van der Waals surface area contributed by atoms with Gasteiger partial charge in [-0.2, -0.15) is 0 Å². The van der Waals surface area contributed by atoms with Crippen LogP contribution in [-0.4, -0.2) is 21.4 Å². The van der Waals surface area contributed by atoms with Gasteiger partial charge >= 0.3 is 6.01 Å². The molecule has 0 aromatic carbocycles. The van der Waals surface area contributed by atoms with E-state index in [0.29, 0.717) is 19.2 Å². The van der Waals surface area contributed by atoms with E-state index in [0.717, 1.165) is 5.82 Å². The summed E-state index contributed by atoms with van der Waals surface area (Å²) >= 11 is 0. The van der Waals surface area contributed by atoms with E-state index in [1.807, 2.05) is 11.5 Å². The van der Waals surface area contributed by atoms with Crippen LogP contribution in [0.15, 0.2) is 0 Å². The number of hydrogen-bond donors (Lipinski definition) is 1. The number of nitrogens with two attached hydrogens (primary N) is 1. The van der Waals surface area contributed by atoms with Gasteiger partial charge in [0, 0.05) is 5.54 Å². The predicted molar refractivity (Wildman–Crippen MR) is 54.1 cm³/mol. The number of aromatic nitrogens is 3. The molecule has 5 heteroatoms. The maximum Gasteiger partial charge on any atom is 0.317 e. The van der Waals surface area contributed by atoms with Gasteiger partial charge in [-0.25, -0.2) is 0 Å². The second-order valence-corrected chi connectivity index (χ2v) is 4.04. The van der Waals surface area contributed by atoms with Gasteiger partial charge in [-0.05, 0) is 27.7 Å². The van der Waals surface area contributed by atoms with E-state index in [-0.39, 0.29) is 5.54 Å². The van der Waals surface area contributed by atoms with E-state index in [9.17, 15) is 0 Å². The van der Waals surface area contributed by atoms with Crippen LogP contribution in [0.3, 0.4) is 0 Å². The predicted octanol–water partition coefficient (Wildman–Crippen LogP) is 0.890. The quantitative estimate of drug-likeness (QED) is 0.783. The minimum absolute atomic E-state index is 0.108. The monoisotopic (exact) mass is 198 g/mol. The van der Waals surface area contributed by atoms with Crippen molar-refractivity contribution in [2.45, 2.75) is 39.8 Å². The third-order valence-electron chi connectivity index (χ3n) is 1.83. The summed E-state index contributed by atoms with van der Waals surface area (Å²) in [6.45, 7) is 9.08. The van der Waals surface area contributed by atoms with E-state index < -0.39 is 0 Å². The largest absolute Gasteiger partial charge is 0.464 e. The summed E-state index contributed by atoms with van der Waals surface area (Å²) in [5, 5.41) is 7.94. The fourth-order valence-corrected chi connectivity index (χ4v) is 1.33. The lowest BCUT2D eigenvalue weighted by Gasteiger charge is -2.23. The van der Waals surface area contributed by atoms with Crippen molar-refractivity contribution in [1.82, 2.24) is 14.8 Å². The van der Waals surface area contributed by atoms with Crippen molar-refractivity contribution in [2.75, 3.05) is 6.61 Å². The second-order valence-electron chi connectivity index (χ2n) is 4.04. The van der Waals surface area contributed by atoms with Gasteiger partial charge in [0.25, 0.3) is 0 Å². The first-order valence-corrected chi connectivity index (χ1v) is 4.78. The number of ether oxygens (including phenoxy) is 1. The Morgan fingerprint density at radius 1 is 1.36 bits per heavy atom. The third-order valence-corrected chi connectivity index (χ3v) is 1.83. The molecule has 0 fully saturated rings. The molecule has 14 heavy (non-hydrogen) atoms. The Hall–Kier alpha value is -1.10. The third kappa shape index (κ3) is 2.04. The van der Waals surface area contributed by atoms with Crippen LogP contribution >= 0.6 is 0 Å². The summed E-state index contributed by atoms with van der Waals surface area (Å²) in [5.74, 6) is 0.751. The average Bonchev–Trinajstić information content (AvgIpc) is 2.47. The molecule has 0 unspecified atom stereocenters. The van der Waals surface area contributed by atoms with Crippen LogP contribution in [-0.2, 0) is 12.1 Å². The molecule has 2 N–H and O–H groups in total. The highest BCUT2D eigenvalue weighted by atomic mass is 16.5. The Kier molecular flexibility index (Phi) is 3.10. The molecular weight excluding hydrogens is 180 g/mol. The van der Waals surface area contributed by atoms with E-state index in [2.05, 4.69) is 31.0 Å². The Morgan fingerprint density at radius 2 is 2.00 bits per heavy atom.